The van der Waals surface area contributed by atoms with Crippen LogP contribution in [0.15, 0.2) is 30.9 Å². The molecule has 1 N–H and O–H groups in total. The van der Waals surface area contributed by atoms with Gasteiger partial charge < -0.3 is 9.84 Å². The predicted molar refractivity (Wildman–Crippen MR) is 52.7 cm³/mol. The van der Waals surface area contributed by atoms with Gasteiger partial charge in [-0.3, -0.25) is 0 Å². The average molecular weight is 196 g/mol. The van der Waals surface area contributed by atoms with Crippen LogP contribution < -0.4 is 4.74 Å². The Labute approximate surface area is 82.6 Å². The lowest BCUT2D eigenvalue weighted by Gasteiger charge is -2.09. The second-order valence-corrected chi connectivity index (χ2v) is 2.93. The molecule has 0 radical (unpaired) electrons. The van der Waals surface area contributed by atoms with Crippen LogP contribution in [0, 0.1) is 5.82 Å². The zero-order valence-electron chi connectivity index (χ0n) is 8.03. The Hall–Kier alpha value is -1.35. The molecular weight excluding hydrogens is 183 g/mol. The maximum absolute atomic E-state index is 13.2. The number of hydrogen-bond donors (Lipinski definition) is 1. The van der Waals surface area contributed by atoms with Crippen molar-refractivity contribution in [2.24, 2.45) is 0 Å². The third kappa shape index (κ3) is 2.33. The number of aliphatic hydroxyl groups excluding tert-OH is 1. The lowest BCUT2D eigenvalue weighted by atomic mass is 10.1. The second kappa shape index (κ2) is 4.77. The van der Waals surface area contributed by atoms with E-state index in [4.69, 9.17) is 4.74 Å². The van der Waals surface area contributed by atoms with Gasteiger partial charge in [0.05, 0.1) is 13.2 Å². The lowest BCUT2D eigenvalue weighted by Crippen LogP contribution is -1.97. The van der Waals surface area contributed by atoms with Crippen LogP contribution in [0.3, 0.4) is 0 Å². The van der Waals surface area contributed by atoms with Gasteiger partial charge in [0.2, 0.25) is 0 Å². The maximum atomic E-state index is 13.2. The Morgan fingerprint density at radius 1 is 1.64 bits per heavy atom. The van der Waals surface area contributed by atoms with Crippen molar-refractivity contribution in [3.05, 3.63) is 42.2 Å². The fourth-order valence-electron chi connectivity index (χ4n) is 1.18. The third-order valence-corrected chi connectivity index (χ3v) is 1.95. The predicted octanol–water partition coefficient (Wildman–Crippen LogP) is 2.44. The van der Waals surface area contributed by atoms with Gasteiger partial charge in [0.25, 0.3) is 0 Å². The topological polar surface area (TPSA) is 29.5 Å². The molecular formula is C11H13FO2. The van der Waals surface area contributed by atoms with Gasteiger partial charge in [-0.05, 0) is 24.1 Å². The van der Waals surface area contributed by atoms with E-state index >= 15 is 0 Å². The zero-order valence-corrected chi connectivity index (χ0v) is 8.03. The minimum atomic E-state index is -0.701. The Balaban J connectivity index is 2.90. The normalized spacial score (nSPS) is 12.2. The van der Waals surface area contributed by atoms with Gasteiger partial charge in [-0.2, -0.15) is 0 Å². The lowest BCUT2D eigenvalue weighted by molar-refractivity contribution is 0.181. The van der Waals surface area contributed by atoms with Crippen molar-refractivity contribution in [2.45, 2.75) is 12.5 Å². The van der Waals surface area contributed by atoms with Crippen molar-refractivity contribution in [2.75, 3.05) is 7.11 Å². The molecule has 0 amide bonds. The molecule has 0 aliphatic carbocycles. The van der Waals surface area contributed by atoms with E-state index in [-0.39, 0.29) is 5.75 Å². The molecule has 14 heavy (non-hydrogen) atoms. The average Bonchev–Trinajstić information content (AvgIpc) is 2.18. The summed E-state index contributed by atoms with van der Waals surface area (Å²) in [7, 11) is 1.40. The molecule has 0 unspecified atom stereocenters. The van der Waals surface area contributed by atoms with Gasteiger partial charge in [0, 0.05) is 0 Å². The van der Waals surface area contributed by atoms with E-state index < -0.39 is 11.9 Å². The second-order valence-electron chi connectivity index (χ2n) is 2.93. The number of rotatable bonds is 4. The summed E-state index contributed by atoms with van der Waals surface area (Å²) in [5.41, 5.74) is 0.531. The van der Waals surface area contributed by atoms with Crippen LogP contribution in [-0.4, -0.2) is 12.2 Å². The van der Waals surface area contributed by atoms with Crippen molar-refractivity contribution >= 4 is 0 Å². The van der Waals surface area contributed by atoms with Crippen molar-refractivity contribution in [3.63, 3.8) is 0 Å². The Kier molecular flexibility index (Phi) is 3.65. The first-order chi connectivity index (χ1) is 6.69. The Morgan fingerprint density at radius 3 is 2.86 bits per heavy atom. The summed E-state index contributed by atoms with van der Waals surface area (Å²) in [5, 5.41) is 9.53. The van der Waals surface area contributed by atoms with Crippen LogP contribution in [0.5, 0.6) is 5.75 Å². The van der Waals surface area contributed by atoms with Crippen LogP contribution >= 0.6 is 0 Å². The summed E-state index contributed by atoms with van der Waals surface area (Å²) in [6, 6.07) is 4.40. The summed E-state index contributed by atoms with van der Waals surface area (Å²) in [5.74, 6) is -0.285. The first-order valence-corrected chi connectivity index (χ1v) is 4.31. The standard InChI is InChI=1S/C11H13FO2/c1-3-4-10(13)8-5-6-11(14-2)9(12)7-8/h3,5-7,10,13H,1,4H2,2H3/t10-/m0/s1. The van der Waals surface area contributed by atoms with Gasteiger partial charge in [0.1, 0.15) is 0 Å². The quantitative estimate of drug-likeness (QED) is 0.749. The van der Waals surface area contributed by atoms with E-state index in [2.05, 4.69) is 6.58 Å². The van der Waals surface area contributed by atoms with Gasteiger partial charge in [-0.15, -0.1) is 6.58 Å². The van der Waals surface area contributed by atoms with Gasteiger partial charge >= 0.3 is 0 Å². The van der Waals surface area contributed by atoms with Crippen LogP contribution in [0.25, 0.3) is 0 Å². The van der Waals surface area contributed by atoms with E-state index in [1.54, 1.807) is 12.1 Å². The molecule has 0 aromatic heterocycles. The molecule has 0 saturated heterocycles. The molecule has 0 aliphatic heterocycles. The molecule has 1 aromatic rings. The molecule has 0 bridgehead atoms. The monoisotopic (exact) mass is 196 g/mol. The van der Waals surface area contributed by atoms with Crippen LogP contribution in [0.1, 0.15) is 18.1 Å². The molecule has 0 saturated carbocycles. The van der Waals surface area contributed by atoms with E-state index in [0.717, 1.165) is 0 Å². The van der Waals surface area contributed by atoms with Crippen molar-refractivity contribution in [1.82, 2.24) is 0 Å². The smallest absolute Gasteiger partial charge is 0.165 e. The van der Waals surface area contributed by atoms with E-state index in [1.807, 2.05) is 0 Å². The van der Waals surface area contributed by atoms with Gasteiger partial charge in [-0.25, -0.2) is 4.39 Å². The molecule has 0 spiro atoms. The SMILES string of the molecule is C=CC[C@H](O)c1ccc(OC)c(F)c1. The molecule has 1 aromatic carbocycles. The first kappa shape index (κ1) is 10.7. The molecule has 0 fully saturated rings. The zero-order chi connectivity index (χ0) is 10.6. The van der Waals surface area contributed by atoms with E-state index in [1.165, 1.54) is 19.2 Å². The Bertz CT molecular complexity index is 323. The van der Waals surface area contributed by atoms with E-state index in [0.29, 0.717) is 12.0 Å². The third-order valence-electron chi connectivity index (χ3n) is 1.95. The highest BCUT2D eigenvalue weighted by molar-refractivity contribution is 5.30. The summed E-state index contributed by atoms with van der Waals surface area (Å²) >= 11 is 0. The number of benzene rings is 1. The van der Waals surface area contributed by atoms with Crippen LogP contribution in [0.4, 0.5) is 4.39 Å². The summed E-state index contributed by atoms with van der Waals surface area (Å²) in [6.45, 7) is 3.50. The van der Waals surface area contributed by atoms with Crippen molar-refractivity contribution in [3.8, 4) is 5.75 Å². The molecule has 0 aliphatic rings. The number of methoxy groups -OCH3 is 1. The van der Waals surface area contributed by atoms with Crippen molar-refractivity contribution < 1.29 is 14.2 Å². The number of ether oxygens (including phenoxy) is 1. The highest BCUT2D eigenvalue weighted by Gasteiger charge is 2.09. The molecule has 0 heterocycles. The minimum Gasteiger partial charge on any atom is -0.494 e. The molecule has 1 rings (SSSR count). The molecule has 76 valence electrons. The largest absolute Gasteiger partial charge is 0.494 e. The molecule has 3 heteroatoms. The number of aliphatic hydroxyl groups is 1. The highest BCUT2D eigenvalue weighted by Crippen LogP contribution is 2.23. The van der Waals surface area contributed by atoms with Crippen molar-refractivity contribution in [1.29, 1.82) is 0 Å². The van der Waals surface area contributed by atoms with E-state index in [9.17, 15) is 9.50 Å². The molecule has 2 nitrogen and oxygen atoms in total. The fourth-order valence-corrected chi connectivity index (χ4v) is 1.18. The van der Waals surface area contributed by atoms with Crippen LogP contribution in [0.2, 0.25) is 0 Å². The summed E-state index contributed by atoms with van der Waals surface area (Å²) < 4.78 is 18.0. The molecule has 1 atom stereocenters. The highest BCUT2D eigenvalue weighted by atomic mass is 19.1. The Morgan fingerprint density at radius 2 is 2.36 bits per heavy atom. The fraction of sp³-hybridized carbons (Fsp3) is 0.273. The summed E-state index contributed by atoms with van der Waals surface area (Å²) in [6.07, 6.45) is 1.30. The minimum absolute atomic E-state index is 0.180. The van der Waals surface area contributed by atoms with Gasteiger partial charge in [-0.1, -0.05) is 12.1 Å². The summed E-state index contributed by atoms with van der Waals surface area (Å²) in [4.78, 5) is 0. The number of halogens is 1. The number of hydrogen-bond acceptors (Lipinski definition) is 2. The maximum Gasteiger partial charge on any atom is 0.165 e. The first-order valence-electron chi connectivity index (χ1n) is 4.31. The van der Waals surface area contributed by atoms with Gasteiger partial charge in [0.15, 0.2) is 11.6 Å². The van der Waals surface area contributed by atoms with Crippen LogP contribution in [-0.2, 0) is 0 Å².